The summed E-state index contributed by atoms with van der Waals surface area (Å²) >= 11 is 0. The van der Waals surface area contributed by atoms with Crippen molar-refractivity contribution in [1.29, 1.82) is 0 Å². The SMILES string of the molecule is CC(C)(C)NS(=O)(=O)c1ccccc1CNC(=O)C1(C(F)(F)F)CCN(Cc2ccccc2)C1. The van der Waals surface area contributed by atoms with Gasteiger partial charge in [0.25, 0.3) is 0 Å². The smallest absolute Gasteiger partial charge is 0.351 e. The highest BCUT2D eigenvalue weighted by atomic mass is 32.2. The normalized spacial score (nSPS) is 19.8. The van der Waals surface area contributed by atoms with Crippen molar-refractivity contribution >= 4 is 15.9 Å². The molecule has 34 heavy (non-hydrogen) atoms. The molecule has 2 aromatic carbocycles. The van der Waals surface area contributed by atoms with Gasteiger partial charge in [-0.05, 0) is 50.9 Å². The number of halogens is 3. The summed E-state index contributed by atoms with van der Waals surface area (Å²) in [5, 5.41) is 2.37. The lowest BCUT2D eigenvalue weighted by molar-refractivity contribution is -0.218. The molecule has 0 aromatic heterocycles. The maximum Gasteiger partial charge on any atom is 0.404 e. The van der Waals surface area contributed by atoms with Gasteiger partial charge in [-0.1, -0.05) is 48.5 Å². The van der Waals surface area contributed by atoms with E-state index in [4.69, 9.17) is 0 Å². The average Bonchev–Trinajstić information content (AvgIpc) is 3.16. The number of alkyl halides is 3. The van der Waals surface area contributed by atoms with E-state index in [1.165, 1.54) is 18.2 Å². The number of carbonyl (C=O) groups is 1. The number of benzene rings is 2. The number of rotatable bonds is 7. The molecule has 1 aliphatic rings. The minimum absolute atomic E-state index is 0.0802. The van der Waals surface area contributed by atoms with Crippen LogP contribution < -0.4 is 10.0 Å². The molecule has 186 valence electrons. The van der Waals surface area contributed by atoms with Gasteiger partial charge in [-0.15, -0.1) is 0 Å². The van der Waals surface area contributed by atoms with Crippen LogP contribution in [0.1, 0.15) is 38.3 Å². The summed E-state index contributed by atoms with van der Waals surface area (Å²) in [4.78, 5) is 14.5. The summed E-state index contributed by atoms with van der Waals surface area (Å²) in [5.41, 5.74) is -2.23. The molecule has 1 heterocycles. The van der Waals surface area contributed by atoms with E-state index >= 15 is 0 Å². The van der Waals surface area contributed by atoms with Crippen LogP contribution >= 0.6 is 0 Å². The minimum atomic E-state index is -4.75. The van der Waals surface area contributed by atoms with Gasteiger partial charge in [0.2, 0.25) is 15.9 Å². The van der Waals surface area contributed by atoms with Crippen molar-refractivity contribution in [2.75, 3.05) is 13.1 Å². The highest BCUT2D eigenvalue weighted by Gasteiger charge is 2.62. The summed E-state index contributed by atoms with van der Waals surface area (Å²) in [6.07, 6.45) is -5.11. The second kappa shape index (κ2) is 9.67. The van der Waals surface area contributed by atoms with Crippen molar-refractivity contribution in [3.63, 3.8) is 0 Å². The average molecular weight is 498 g/mol. The monoisotopic (exact) mass is 497 g/mol. The molecule has 2 aromatic rings. The van der Waals surface area contributed by atoms with Crippen molar-refractivity contribution in [3.05, 3.63) is 65.7 Å². The molecule has 1 aliphatic heterocycles. The number of likely N-dealkylation sites (tertiary alicyclic amines) is 1. The molecule has 0 spiro atoms. The van der Waals surface area contributed by atoms with E-state index in [0.29, 0.717) is 6.54 Å². The Morgan fingerprint density at radius 2 is 1.65 bits per heavy atom. The third kappa shape index (κ3) is 5.97. The van der Waals surface area contributed by atoms with Gasteiger partial charge < -0.3 is 5.32 Å². The van der Waals surface area contributed by atoms with Gasteiger partial charge in [0, 0.05) is 25.2 Å². The molecular formula is C24H30F3N3O3S. The van der Waals surface area contributed by atoms with Crippen molar-refractivity contribution in [2.45, 2.75) is 56.9 Å². The van der Waals surface area contributed by atoms with Gasteiger partial charge in [0.1, 0.15) is 0 Å². The van der Waals surface area contributed by atoms with Crippen molar-refractivity contribution in [3.8, 4) is 0 Å². The standard InChI is InChI=1S/C24H30F3N3O3S/c1-22(2,3)29-34(32,33)20-12-8-7-11-19(20)15-28-21(31)23(24(25,26)27)13-14-30(17-23)16-18-9-5-4-6-10-18/h4-12,29H,13-17H2,1-3H3,(H,28,31). The molecule has 1 unspecified atom stereocenters. The molecule has 1 saturated heterocycles. The second-order valence-electron chi connectivity index (χ2n) is 9.67. The number of sulfonamides is 1. The van der Waals surface area contributed by atoms with Gasteiger partial charge in [0.15, 0.2) is 5.41 Å². The summed E-state index contributed by atoms with van der Waals surface area (Å²) in [7, 11) is -3.93. The van der Waals surface area contributed by atoms with E-state index in [-0.39, 0.29) is 30.0 Å². The number of carbonyl (C=O) groups excluding carboxylic acids is 1. The maximum absolute atomic E-state index is 14.2. The highest BCUT2D eigenvalue weighted by Crippen LogP contribution is 2.46. The van der Waals surface area contributed by atoms with Gasteiger partial charge >= 0.3 is 6.18 Å². The first-order valence-electron chi connectivity index (χ1n) is 11.0. The van der Waals surface area contributed by atoms with Gasteiger partial charge in [0.05, 0.1) is 4.90 Å². The van der Waals surface area contributed by atoms with Crippen LogP contribution in [0.5, 0.6) is 0 Å². The number of nitrogens with zero attached hydrogens (tertiary/aromatic N) is 1. The molecule has 0 bridgehead atoms. The number of amides is 1. The summed E-state index contributed by atoms with van der Waals surface area (Å²) in [6.45, 7) is 4.70. The molecule has 2 N–H and O–H groups in total. The summed E-state index contributed by atoms with van der Waals surface area (Å²) < 4.78 is 70.6. The maximum atomic E-state index is 14.2. The van der Waals surface area contributed by atoms with E-state index in [2.05, 4.69) is 10.0 Å². The predicted molar refractivity (Wildman–Crippen MR) is 123 cm³/mol. The first-order chi connectivity index (χ1) is 15.7. The zero-order valence-corrected chi connectivity index (χ0v) is 20.3. The van der Waals surface area contributed by atoms with Crippen molar-refractivity contribution in [1.82, 2.24) is 14.9 Å². The first-order valence-corrected chi connectivity index (χ1v) is 12.5. The van der Waals surface area contributed by atoms with E-state index in [9.17, 15) is 26.4 Å². The van der Waals surface area contributed by atoms with Gasteiger partial charge in [-0.2, -0.15) is 13.2 Å². The van der Waals surface area contributed by atoms with E-state index in [0.717, 1.165) is 5.56 Å². The Kier molecular flexibility index (Phi) is 7.45. The highest BCUT2D eigenvalue weighted by molar-refractivity contribution is 7.89. The van der Waals surface area contributed by atoms with Crippen molar-refractivity contribution in [2.24, 2.45) is 5.41 Å². The third-order valence-corrected chi connectivity index (χ3v) is 7.58. The summed E-state index contributed by atoms with van der Waals surface area (Å²) in [5.74, 6) is -1.15. The van der Waals surface area contributed by atoms with Crippen molar-refractivity contribution < 1.29 is 26.4 Å². The Morgan fingerprint density at radius 3 is 2.26 bits per heavy atom. The summed E-state index contributed by atoms with van der Waals surface area (Å²) in [6, 6.07) is 15.1. The van der Waals surface area contributed by atoms with Gasteiger partial charge in [-0.25, -0.2) is 13.1 Å². The van der Waals surface area contributed by atoms with E-state index in [1.54, 1.807) is 31.7 Å². The fourth-order valence-electron chi connectivity index (χ4n) is 4.13. The fraction of sp³-hybridized carbons (Fsp3) is 0.458. The Morgan fingerprint density at radius 1 is 1.03 bits per heavy atom. The van der Waals surface area contributed by atoms with Crippen LogP contribution in [0.25, 0.3) is 0 Å². The lowest BCUT2D eigenvalue weighted by Gasteiger charge is -2.31. The Bertz CT molecular complexity index is 1120. The zero-order chi connectivity index (χ0) is 25.2. The van der Waals surface area contributed by atoms with Gasteiger partial charge in [-0.3, -0.25) is 9.69 Å². The predicted octanol–water partition coefficient (Wildman–Crippen LogP) is 3.83. The molecular weight excluding hydrogens is 467 g/mol. The van der Waals surface area contributed by atoms with E-state index < -0.39 is 39.6 Å². The fourth-order valence-corrected chi connectivity index (χ4v) is 5.78. The number of hydrogen-bond donors (Lipinski definition) is 2. The zero-order valence-electron chi connectivity index (χ0n) is 19.4. The molecule has 3 rings (SSSR count). The Labute approximate surface area is 198 Å². The first kappa shape index (κ1) is 26.2. The molecule has 0 radical (unpaired) electrons. The van der Waals surface area contributed by atoms with Crippen LogP contribution in [0.15, 0.2) is 59.5 Å². The van der Waals surface area contributed by atoms with Crippen LogP contribution in [0.2, 0.25) is 0 Å². The molecule has 0 saturated carbocycles. The molecule has 10 heteroatoms. The molecule has 1 atom stereocenters. The molecule has 0 aliphatic carbocycles. The molecule has 1 amide bonds. The van der Waals surface area contributed by atoms with E-state index in [1.807, 2.05) is 30.3 Å². The second-order valence-corrected chi connectivity index (χ2v) is 11.3. The lowest BCUT2D eigenvalue weighted by Crippen LogP contribution is -2.52. The third-order valence-electron chi connectivity index (χ3n) is 5.72. The number of hydrogen-bond acceptors (Lipinski definition) is 4. The topological polar surface area (TPSA) is 78.5 Å². The van der Waals surface area contributed by atoms with Crippen LogP contribution in [0, 0.1) is 5.41 Å². The number of nitrogens with one attached hydrogen (secondary N) is 2. The largest absolute Gasteiger partial charge is 0.404 e. The Hall–Kier alpha value is -2.43. The van der Waals surface area contributed by atoms with Crippen LogP contribution in [0.3, 0.4) is 0 Å². The molecule has 6 nitrogen and oxygen atoms in total. The van der Waals surface area contributed by atoms with Crippen LogP contribution in [-0.4, -0.2) is 44.0 Å². The minimum Gasteiger partial charge on any atom is -0.351 e. The quantitative estimate of drug-likeness (QED) is 0.610. The molecule has 1 fully saturated rings. The van der Waals surface area contributed by atoms with Crippen LogP contribution in [0.4, 0.5) is 13.2 Å². The van der Waals surface area contributed by atoms with Crippen LogP contribution in [-0.2, 0) is 27.9 Å². The Balaban J connectivity index is 1.78. The lowest BCUT2D eigenvalue weighted by atomic mass is 9.85.